The van der Waals surface area contributed by atoms with Crippen molar-refractivity contribution < 1.29 is 14.3 Å². The van der Waals surface area contributed by atoms with Crippen molar-refractivity contribution in [2.75, 3.05) is 7.11 Å². The van der Waals surface area contributed by atoms with Crippen LogP contribution in [-0.2, 0) is 14.3 Å². The predicted octanol–water partition coefficient (Wildman–Crippen LogP) is 0.182. The van der Waals surface area contributed by atoms with Crippen LogP contribution in [0, 0.1) is 0 Å². The van der Waals surface area contributed by atoms with E-state index >= 15 is 0 Å². The minimum absolute atomic E-state index is 0.331. The molecule has 0 spiro atoms. The van der Waals surface area contributed by atoms with Crippen molar-refractivity contribution in [3.8, 4) is 0 Å². The van der Waals surface area contributed by atoms with E-state index in [1.165, 1.54) is 7.11 Å². The van der Waals surface area contributed by atoms with E-state index in [4.69, 9.17) is 5.73 Å². The van der Waals surface area contributed by atoms with Crippen molar-refractivity contribution in [1.29, 1.82) is 0 Å². The number of carbonyl (C=O) groups excluding carboxylic acids is 2. The summed E-state index contributed by atoms with van der Waals surface area (Å²) >= 11 is 0. The van der Waals surface area contributed by atoms with E-state index in [2.05, 4.69) is 10.1 Å². The molecule has 0 saturated heterocycles. The van der Waals surface area contributed by atoms with Crippen molar-refractivity contribution in [1.82, 2.24) is 5.32 Å². The van der Waals surface area contributed by atoms with E-state index in [1.807, 2.05) is 6.92 Å². The number of amides is 1. The number of methoxy groups -OCH3 is 1. The molecule has 0 rings (SSSR count). The lowest BCUT2D eigenvalue weighted by Crippen LogP contribution is -2.55. The highest BCUT2D eigenvalue weighted by molar-refractivity contribution is 5.89. The Kier molecular flexibility index (Phi) is 5.28. The quantitative estimate of drug-likeness (QED) is 0.642. The Labute approximate surface area is 90.4 Å². The second-order valence-corrected chi connectivity index (χ2v) is 3.89. The van der Waals surface area contributed by atoms with E-state index in [0.717, 1.165) is 6.42 Å². The molecule has 15 heavy (non-hydrogen) atoms. The standard InChI is InChI=1S/C10H20N2O3/c1-5-6-10(3,11)9(14)12-7(2)8(13)15-4/h7H,5-6,11H2,1-4H3,(H,12,14)/t7-,10?/m1/s1. The van der Waals surface area contributed by atoms with E-state index < -0.39 is 17.6 Å². The molecule has 1 unspecified atom stereocenters. The van der Waals surface area contributed by atoms with Gasteiger partial charge in [-0.25, -0.2) is 4.79 Å². The number of rotatable bonds is 5. The summed E-state index contributed by atoms with van der Waals surface area (Å²) in [5, 5.41) is 2.52. The first-order valence-corrected chi connectivity index (χ1v) is 5.02. The molecular weight excluding hydrogens is 196 g/mol. The Hall–Kier alpha value is -1.10. The molecule has 0 aliphatic heterocycles. The largest absolute Gasteiger partial charge is 0.467 e. The zero-order valence-corrected chi connectivity index (χ0v) is 9.79. The van der Waals surface area contributed by atoms with Crippen LogP contribution in [0.1, 0.15) is 33.6 Å². The summed E-state index contributed by atoms with van der Waals surface area (Å²) in [6, 6.07) is -0.665. The molecule has 0 aromatic carbocycles. The average molecular weight is 216 g/mol. The summed E-state index contributed by atoms with van der Waals surface area (Å²) in [5.74, 6) is -0.808. The average Bonchev–Trinajstić information content (AvgIpc) is 2.16. The van der Waals surface area contributed by atoms with Gasteiger partial charge < -0.3 is 15.8 Å². The Balaban J connectivity index is 4.29. The maximum Gasteiger partial charge on any atom is 0.328 e. The number of nitrogens with two attached hydrogens (primary N) is 1. The summed E-state index contributed by atoms with van der Waals surface area (Å²) in [7, 11) is 1.28. The van der Waals surface area contributed by atoms with E-state index in [9.17, 15) is 9.59 Å². The van der Waals surface area contributed by atoms with Crippen molar-refractivity contribution in [3.05, 3.63) is 0 Å². The molecule has 0 aromatic rings. The zero-order valence-electron chi connectivity index (χ0n) is 9.79. The molecule has 1 amide bonds. The Bertz CT molecular complexity index is 239. The highest BCUT2D eigenvalue weighted by Gasteiger charge is 2.29. The monoisotopic (exact) mass is 216 g/mol. The molecule has 3 N–H and O–H groups in total. The van der Waals surface area contributed by atoms with Gasteiger partial charge in [0.1, 0.15) is 6.04 Å². The predicted molar refractivity (Wildman–Crippen MR) is 57.1 cm³/mol. The first kappa shape index (κ1) is 13.9. The van der Waals surface area contributed by atoms with Crippen molar-refractivity contribution in [3.63, 3.8) is 0 Å². The molecule has 0 aliphatic carbocycles. The number of hydrogen-bond acceptors (Lipinski definition) is 4. The molecule has 0 saturated carbocycles. The topological polar surface area (TPSA) is 81.4 Å². The molecular formula is C10H20N2O3. The second-order valence-electron chi connectivity index (χ2n) is 3.89. The molecule has 0 aliphatic rings. The van der Waals surface area contributed by atoms with Gasteiger partial charge in [-0.05, 0) is 20.3 Å². The van der Waals surface area contributed by atoms with Crippen LogP contribution >= 0.6 is 0 Å². The summed E-state index contributed by atoms with van der Waals surface area (Å²) in [5.41, 5.74) is 4.86. The summed E-state index contributed by atoms with van der Waals surface area (Å²) in [6.45, 7) is 5.16. The zero-order chi connectivity index (χ0) is 12.1. The van der Waals surface area contributed by atoms with E-state index in [0.29, 0.717) is 6.42 Å². The van der Waals surface area contributed by atoms with Gasteiger partial charge in [0.2, 0.25) is 5.91 Å². The van der Waals surface area contributed by atoms with Gasteiger partial charge in [0, 0.05) is 0 Å². The van der Waals surface area contributed by atoms with Crippen molar-refractivity contribution in [2.24, 2.45) is 5.73 Å². The van der Waals surface area contributed by atoms with Crippen LogP contribution in [0.2, 0.25) is 0 Å². The van der Waals surface area contributed by atoms with E-state index in [-0.39, 0.29) is 5.91 Å². The number of nitrogens with one attached hydrogen (secondary N) is 1. The van der Waals surface area contributed by atoms with Crippen LogP contribution in [0.4, 0.5) is 0 Å². The fourth-order valence-corrected chi connectivity index (χ4v) is 1.23. The van der Waals surface area contributed by atoms with Crippen molar-refractivity contribution >= 4 is 11.9 Å². The molecule has 0 bridgehead atoms. The fourth-order valence-electron chi connectivity index (χ4n) is 1.23. The number of hydrogen-bond donors (Lipinski definition) is 2. The van der Waals surface area contributed by atoms with Crippen LogP contribution < -0.4 is 11.1 Å². The van der Waals surface area contributed by atoms with Crippen LogP contribution in [0.15, 0.2) is 0 Å². The molecule has 0 heterocycles. The SMILES string of the molecule is CCCC(C)(N)C(=O)N[C@H](C)C(=O)OC. The van der Waals surface area contributed by atoms with Gasteiger partial charge in [-0.3, -0.25) is 4.79 Å². The first-order chi connectivity index (χ1) is 6.85. The lowest BCUT2D eigenvalue weighted by molar-refractivity contribution is -0.145. The molecule has 0 fully saturated rings. The molecule has 5 nitrogen and oxygen atoms in total. The Morgan fingerprint density at radius 3 is 2.47 bits per heavy atom. The molecule has 0 aromatic heterocycles. The third kappa shape index (κ3) is 4.29. The fraction of sp³-hybridized carbons (Fsp3) is 0.800. The van der Waals surface area contributed by atoms with Gasteiger partial charge in [-0.2, -0.15) is 0 Å². The number of carbonyl (C=O) groups is 2. The van der Waals surface area contributed by atoms with E-state index in [1.54, 1.807) is 13.8 Å². The van der Waals surface area contributed by atoms with Crippen LogP contribution in [0.5, 0.6) is 0 Å². The smallest absolute Gasteiger partial charge is 0.328 e. The van der Waals surface area contributed by atoms with Gasteiger partial charge in [0.25, 0.3) is 0 Å². The summed E-state index contributed by atoms with van der Waals surface area (Å²) < 4.78 is 4.49. The minimum Gasteiger partial charge on any atom is -0.467 e. The second kappa shape index (κ2) is 5.70. The Morgan fingerprint density at radius 1 is 1.53 bits per heavy atom. The lowest BCUT2D eigenvalue weighted by Gasteiger charge is -2.24. The van der Waals surface area contributed by atoms with Gasteiger partial charge in [0.05, 0.1) is 12.6 Å². The van der Waals surface area contributed by atoms with Crippen LogP contribution in [-0.4, -0.2) is 30.6 Å². The highest BCUT2D eigenvalue weighted by Crippen LogP contribution is 2.08. The number of ether oxygens (including phenoxy) is 1. The van der Waals surface area contributed by atoms with Crippen molar-refractivity contribution in [2.45, 2.75) is 45.2 Å². The van der Waals surface area contributed by atoms with Gasteiger partial charge >= 0.3 is 5.97 Å². The molecule has 88 valence electrons. The molecule has 5 heteroatoms. The number of esters is 1. The maximum atomic E-state index is 11.6. The third-order valence-electron chi connectivity index (χ3n) is 2.19. The molecule has 2 atom stereocenters. The molecule has 0 radical (unpaired) electrons. The summed E-state index contributed by atoms with van der Waals surface area (Å²) in [6.07, 6.45) is 1.39. The highest BCUT2D eigenvalue weighted by atomic mass is 16.5. The first-order valence-electron chi connectivity index (χ1n) is 5.02. The van der Waals surface area contributed by atoms with Crippen LogP contribution in [0.25, 0.3) is 0 Å². The summed E-state index contributed by atoms with van der Waals surface area (Å²) in [4.78, 5) is 22.7. The normalized spacial score (nSPS) is 16.3. The lowest BCUT2D eigenvalue weighted by atomic mass is 9.96. The maximum absolute atomic E-state index is 11.6. The van der Waals surface area contributed by atoms with Gasteiger partial charge in [-0.15, -0.1) is 0 Å². The minimum atomic E-state index is -0.934. The third-order valence-corrected chi connectivity index (χ3v) is 2.19. The van der Waals surface area contributed by atoms with Gasteiger partial charge in [0.15, 0.2) is 0 Å². The van der Waals surface area contributed by atoms with Crippen LogP contribution in [0.3, 0.4) is 0 Å². The van der Waals surface area contributed by atoms with Gasteiger partial charge in [-0.1, -0.05) is 13.3 Å². The Morgan fingerprint density at radius 2 is 2.07 bits per heavy atom.